The van der Waals surface area contributed by atoms with Crippen LogP contribution in [0.15, 0.2) is 36.4 Å². The zero-order chi connectivity index (χ0) is 23.5. The Labute approximate surface area is 201 Å². The molecule has 34 heavy (non-hydrogen) atoms. The zero-order valence-corrected chi connectivity index (χ0v) is 20.2. The topological polar surface area (TPSA) is 66.9 Å². The van der Waals surface area contributed by atoms with E-state index in [4.69, 9.17) is 14.5 Å². The van der Waals surface area contributed by atoms with Gasteiger partial charge in [-0.3, -0.25) is 4.79 Å². The minimum atomic E-state index is 0.184. The lowest BCUT2D eigenvalue weighted by atomic mass is 10.0. The molecule has 1 aromatic heterocycles. The van der Waals surface area contributed by atoms with Gasteiger partial charge < -0.3 is 24.6 Å². The minimum absolute atomic E-state index is 0.184. The lowest BCUT2D eigenvalue weighted by Crippen LogP contribution is -2.43. The number of para-hydroxylation sites is 1. The molecule has 0 aliphatic carbocycles. The van der Waals surface area contributed by atoms with Gasteiger partial charge in [0.2, 0.25) is 5.91 Å². The van der Waals surface area contributed by atoms with Crippen LogP contribution in [0.3, 0.4) is 0 Å². The molecule has 7 heteroatoms. The maximum atomic E-state index is 12.0. The number of benzene rings is 2. The number of hydrogen-bond acceptors (Lipinski definition) is 6. The second-order valence-corrected chi connectivity index (χ2v) is 9.43. The highest BCUT2D eigenvalue weighted by Gasteiger charge is 2.24. The summed E-state index contributed by atoms with van der Waals surface area (Å²) < 4.78 is 11.9. The second-order valence-electron chi connectivity index (χ2n) is 9.43. The maximum absolute atomic E-state index is 12.0. The summed E-state index contributed by atoms with van der Waals surface area (Å²) in [4.78, 5) is 21.2. The predicted molar refractivity (Wildman–Crippen MR) is 136 cm³/mol. The first-order valence-electron chi connectivity index (χ1n) is 12.4. The maximum Gasteiger partial charge on any atom is 0.222 e. The van der Waals surface area contributed by atoms with Crippen LogP contribution >= 0.6 is 0 Å². The number of carbonyl (C=O) groups is 1. The first-order valence-corrected chi connectivity index (χ1v) is 12.4. The SMILES string of the molecule is COc1cc2c(NC3CCC(=O)N(C)C3)c3ccccc3nc2cc1OCCCN1CCCC1. The molecule has 0 bridgehead atoms. The molecule has 2 aliphatic rings. The van der Waals surface area contributed by atoms with Crippen molar-refractivity contribution in [2.45, 2.75) is 38.1 Å². The summed E-state index contributed by atoms with van der Waals surface area (Å²) >= 11 is 0. The van der Waals surface area contributed by atoms with Crippen molar-refractivity contribution in [3.8, 4) is 11.5 Å². The Morgan fingerprint density at radius 3 is 2.71 bits per heavy atom. The number of ether oxygens (including phenoxy) is 2. The Bertz CT molecular complexity index is 1180. The van der Waals surface area contributed by atoms with Gasteiger partial charge in [0.05, 0.1) is 30.4 Å². The Morgan fingerprint density at radius 2 is 1.91 bits per heavy atom. The largest absolute Gasteiger partial charge is 0.493 e. The smallest absolute Gasteiger partial charge is 0.222 e. The summed E-state index contributed by atoms with van der Waals surface area (Å²) in [5.74, 6) is 1.65. The first kappa shape index (κ1) is 22.7. The van der Waals surface area contributed by atoms with Crippen LogP contribution in [0.4, 0.5) is 5.69 Å². The Hall–Kier alpha value is -3.06. The second kappa shape index (κ2) is 10.1. The van der Waals surface area contributed by atoms with E-state index in [-0.39, 0.29) is 11.9 Å². The number of rotatable bonds is 8. The highest BCUT2D eigenvalue weighted by Crippen LogP contribution is 2.39. The van der Waals surface area contributed by atoms with Crippen molar-refractivity contribution < 1.29 is 14.3 Å². The van der Waals surface area contributed by atoms with E-state index < -0.39 is 0 Å². The monoisotopic (exact) mass is 462 g/mol. The molecule has 5 rings (SSSR count). The van der Waals surface area contributed by atoms with Gasteiger partial charge in [-0.1, -0.05) is 18.2 Å². The van der Waals surface area contributed by atoms with Gasteiger partial charge in [0, 0.05) is 49.4 Å². The van der Waals surface area contributed by atoms with Crippen molar-refractivity contribution in [3.05, 3.63) is 36.4 Å². The molecule has 180 valence electrons. The number of fused-ring (bicyclic) bond motifs is 2. The molecule has 2 aromatic carbocycles. The van der Waals surface area contributed by atoms with Crippen LogP contribution in [0.5, 0.6) is 11.5 Å². The van der Waals surface area contributed by atoms with Crippen molar-refractivity contribution in [2.75, 3.05) is 52.3 Å². The highest BCUT2D eigenvalue weighted by molar-refractivity contribution is 6.08. The number of nitrogens with one attached hydrogen (secondary N) is 1. The van der Waals surface area contributed by atoms with Crippen LogP contribution in [0, 0.1) is 0 Å². The van der Waals surface area contributed by atoms with E-state index in [0.717, 1.165) is 52.6 Å². The Morgan fingerprint density at radius 1 is 1.09 bits per heavy atom. The van der Waals surface area contributed by atoms with Crippen molar-refractivity contribution in [1.82, 2.24) is 14.8 Å². The summed E-state index contributed by atoms with van der Waals surface area (Å²) in [6.45, 7) is 4.82. The standard InChI is InChI=1S/C27H34N4O3/c1-30-18-19(10-11-26(30)32)28-27-20-8-3-4-9-22(20)29-23-17-25(24(33-2)16-21(23)27)34-15-7-14-31-12-5-6-13-31/h3-4,8-9,16-17,19H,5-7,10-15,18H2,1-2H3,(H,28,29). The molecule has 2 fully saturated rings. The number of piperidine rings is 1. The average molecular weight is 463 g/mol. The molecule has 0 radical (unpaired) electrons. The van der Waals surface area contributed by atoms with E-state index in [1.807, 2.05) is 37.4 Å². The van der Waals surface area contributed by atoms with E-state index in [1.165, 1.54) is 25.9 Å². The van der Waals surface area contributed by atoms with Crippen molar-refractivity contribution in [3.63, 3.8) is 0 Å². The molecule has 2 aliphatic heterocycles. The minimum Gasteiger partial charge on any atom is -0.493 e. The molecule has 1 atom stereocenters. The third-order valence-corrected chi connectivity index (χ3v) is 7.02. The predicted octanol–water partition coefficient (Wildman–Crippen LogP) is 4.29. The normalized spacial score (nSPS) is 19.2. The number of anilines is 1. The number of aromatic nitrogens is 1. The van der Waals surface area contributed by atoms with Crippen LogP contribution in [0.25, 0.3) is 21.8 Å². The van der Waals surface area contributed by atoms with Gasteiger partial charge in [0.15, 0.2) is 11.5 Å². The zero-order valence-electron chi connectivity index (χ0n) is 20.2. The summed E-state index contributed by atoms with van der Waals surface area (Å²) in [5.41, 5.74) is 2.84. The number of carbonyl (C=O) groups excluding carboxylic acids is 1. The van der Waals surface area contributed by atoms with E-state index in [2.05, 4.69) is 16.3 Å². The van der Waals surface area contributed by atoms with Gasteiger partial charge in [-0.05, 0) is 50.9 Å². The molecule has 3 aromatic rings. The van der Waals surface area contributed by atoms with Gasteiger partial charge in [-0.25, -0.2) is 4.98 Å². The van der Waals surface area contributed by atoms with Crippen LogP contribution in [0.1, 0.15) is 32.1 Å². The number of methoxy groups -OCH3 is 1. The fraction of sp³-hybridized carbons (Fsp3) is 0.481. The molecule has 1 unspecified atom stereocenters. The molecule has 0 spiro atoms. The van der Waals surface area contributed by atoms with Gasteiger partial charge in [0.25, 0.3) is 0 Å². The van der Waals surface area contributed by atoms with E-state index in [1.54, 1.807) is 12.0 Å². The average Bonchev–Trinajstić information content (AvgIpc) is 3.37. The molecular formula is C27H34N4O3. The third kappa shape index (κ3) is 4.75. The quantitative estimate of drug-likeness (QED) is 0.398. The number of nitrogens with zero attached hydrogens (tertiary/aromatic N) is 3. The molecule has 3 heterocycles. The fourth-order valence-corrected chi connectivity index (χ4v) is 5.14. The molecule has 7 nitrogen and oxygen atoms in total. The van der Waals surface area contributed by atoms with Crippen LogP contribution < -0.4 is 14.8 Å². The van der Waals surface area contributed by atoms with E-state index in [0.29, 0.717) is 25.3 Å². The Balaban J connectivity index is 1.44. The first-order chi connectivity index (χ1) is 16.6. The lowest BCUT2D eigenvalue weighted by molar-refractivity contribution is -0.132. The summed E-state index contributed by atoms with van der Waals surface area (Å²) in [5, 5.41) is 5.80. The van der Waals surface area contributed by atoms with Gasteiger partial charge in [-0.2, -0.15) is 0 Å². The van der Waals surface area contributed by atoms with Crippen molar-refractivity contribution in [2.24, 2.45) is 0 Å². The summed E-state index contributed by atoms with van der Waals surface area (Å²) in [6, 6.07) is 12.4. The molecule has 1 N–H and O–H groups in total. The van der Waals surface area contributed by atoms with Crippen LogP contribution in [-0.4, -0.2) is 73.7 Å². The summed E-state index contributed by atoms with van der Waals surface area (Å²) in [7, 11) is 3.55. The number of amides is 1. The number of likely N-dealkylation sites (N-methyl/N-ethyl adjacent to an activating group) is 1. The number of hydrogen-bond donors (Lipinski definition) is 1. The Kier molecular flexibility index (Phi) is 6.72. The summed E-state index contributed by atoms with van der Waals surface area (Å²) in [6.07, 6.45) is 4.99. The van der Waals surface area contributed by atoms with E-state index in [9.17, 15) is 4.79 Å². The molecule has 1 amide bonds. The van der Waals surface area contributed by atoms with E-state index >= 15 is 0 Å². The van der Waals surface area contributed by atoms with Crippen molar-refractivity contribution in [1.29, 1.82) is 0 Å². The number of pyridine rings is 1. The molecule has 0 saturated carbocycles. The fourth-order valence-electron chi connectivity index (χ4n) is 5.14. The van der Waals surface area contributed by atoms with Crippen LogP contribution in [-0.2, 0) is 4.79 Å². The highest BCUT2D eigenvalue weighted by atomic mass is 16.5. The molecular weight excluding hydrogens is 428 g/mol. The van der Waals surface area contributed by atoms with Crippen LogP contribution in [0.2, 0.25) is 0 Å². The lowest BCUT2D eigenvalue weighted by Gasteiger charge is -2.31. The molecule has 2 saturated heterocycles. The van der Waals surface area contributed by atoms with Crippen molar-refractivity contribution >= 4 is 33.4 Å². The number of likely N-dealkylation sites (tertiary alicyclic amines) is 2. The van der Waals surface area contributed by atoms with Gasteiger partial charge in [0.1, 0.15) is 0 Å². The van der Waals surface area contributed by atoms with Gasteiger partial charge >= 0.3 is 0 Å². The third-order valence-electron chi connectivity index (χ3n) is 7.02. The van der Waals surface area contributed by atoms with Gasteiger partial charge in [-0.15, -0.1) is 0 Å².